The third kappa shape index (κ3) is 5.13. The van der Waals surface area contributed by atoms with Crippen LogP contribution in [0, 0.1) is 12.7 Å². The molecule has 0 aliphatic rings. The van der Waals surface area contributed by atoms with Gasteiger partial charge in [0.2, 0.25) is 5.95 Å². The number of hydrogen-bond acceptors (Lipinski definition) is 4. The molecule has 0 fully saturated rings. The first kappa shape index (κ1) is 19.5. The van der Waals surface area contributed by atoms with Gasteiger partial charge in [-0.3, -0.25) is 4.79 Å². The largest absolute Gasteiger partial charge is 0.354 e. The standard InChI is InChI=1S/C22H23FN4O/c1-3-17-6-4-5-7-19(17)26-21(28)20-14-15(2)25-22(27-20)24-13-12-16-8-10-18(23)11-9-16/h4-11,14H,3,12-13H2,1-2H3,(H,26,28)(H,24,25,27). The van der Waals surface area contributed by atoms with Crippen LogP contribution in [0.15, 0.2) is 54.6 Å². The van der Waals surface area contributed by atoms with Gasteiger partial charge in [0.1, 0.15) is 11.5 Å². The summed E-state index contributed by atoms with van der Waals surface area (Å²) in [5, 5.41) is 6.06. The molecule has 1 aromatic heterocycles. The van der Waals surface area contributed by atoms with Crippen LogP contribution in [0.25, 0.3) is 0 Å². The molecule has 28 heavy (non-hydrogen) atoms. The van der Waals surface area contributed by atoms with Gasteiger partial charge in [0.15, 0.2) is 0 Å². The molecule has 6 heteroatoms. The van der Waals surface area contributed by atoms with E-state index in [1.165, 1.54) is 12.1 Å². The first-order valence-corrected chi connectivity index (χ1v) is 9.28. The van der Waals surface area contributed by atoms with Crippen molar-refractivity contribution >= 4 is 17.5 Å². The average Bonchev–Trinajstić information content (AvgIpc) is 2.69. The second-order valence-corrected chi connectivity index (χ2v) is 6.49. The predicted octanol–water partition coefficient (Wildman–Crippen LogP) is 4.39. The molecule has 5 nitrogen and oxygen atoms in total. The van der Waals surface area contributed by atoms with Crippen LogP contribution < -0.4 is 10.6 Å². The summed E-state index contributed by atoms with van der Waals surface area (Å²) in [6, 6.07) is 15.8. The van der Waals surface area contributed by atoms with Gasteiger partial charge < -0.3 is 10.6 Å². The quantitative estimate of drug-likeness (QED) is 0.640. The summed E-state index contributed by atoms with van der Waals surface area (Å²) in [6.07, 6.45) is 1.53. The molecule has 0 bridgehead atoms. The van der Waals surface area contributed by atoms with E-state index in [1.54, 1.807) is 18.2 Å². The molecular weight excluding hydrogens is 355 g/mol. The summed E-state index contributed by atoms with van der Waals surface area (Å²) in [5.41, 5.74) is 3.88. The van der Waals surface area contributed by atoms with Crippen molar-refractivity contribution in [3.05, 3.63) is 82.9 Å². The summed E-state index contributed by atoms with van der Waals surface area (Å²) in [5.74, 6) is -0.122. The topological polar surface area (TPSA) is 66.9 Å². The van der Waals surface area contributed by atoms with Crippen LogP contribution in [-0.4, -0.2) is 22.4 Å². The van der Waals surface area contributed by atoms with Crippen molar-refractivity contribution in [1.82, 2.24) is 9.97 Å². The molecule has 0 aliphatic carbocycles. The Morgan fingerprint density at radius 3 is 2.57 bits per heavy atom. The van der Waals surface area contributed by atoms with Gasteiger partial charge in [-0.05, 0) is 55.2 Å². The minimum absolute atomic E-state index is 0.251. The van der Waals surface area contributed by atoms with E-state index < -0.39 is 0 Å². The maximum absolute atomic E-state index is 13.0. The number of nitrogens with one attached hydrogen (secondary N) is 2. The maximum Gasteiger partial charge on any atom is 0.274 e. The molecule has 0 spiro atoms. The first-order chi connectivity index (χ1) is 13.5. The second-order valence-electron chi connectivity index (χ2n) is 6.49. The Kier molecular flexibility index (Phi) is 6.32. The molecule has 2 aromatic carbocycles. The van der Waals surface area contributed by atoms with Crippen LogP contribution in [-0.2, 0) is 12.8 Å². The van der Waals surface area contributed by atoms with E-state index >= 15 is 0 Å². The van der Waals surface area contributed by atoms with E-state index in [-0.39, 0.29) is 11.7 Å². The Labute approximate surface area is 164 Å². The third-order valence-electron chi connectivity index (χ3n) is 4.34. The number of amides is 1. The van der Waals surface area contributed by atoms with E-state index in [2.05, 4.69) is 20.6 Å². The zero-order chi connectivity index (χ0) is 19.9. The predicted molar refractivity (Wildman–Crippen MR) is 109 cm³/mol. The van der Waals surface area contributed by atoms with E-state index in [1.807, 2.05) is 38.1 Å². The number of aryl methyl sites for hydroxylation is 2. The highest BCUT2D eigenvalue weighted by Gasteiger charge is 2.12. The van der Waals surface area contributed by atoms with Crippen LogP contribution in [0.4, 0.5) is 16.0 Å². The number of anilines is 2. The maximum atomic E-state index is 13.0. The summed E-state index contributed by atoms with van der Waals surface area (Å²) >= 11 is 0. The lowest BCUT2D eigenvalue weighted by Gasteiger charge is -2.11. The van der Waals surface area contributed by atoms with Gasteiger partial charge in [-0.25, -0.2) is 14.4 Å². The highest BCUT2D eigenvalue weighted by molar-refractivity contribution is 6.03. The van der Waals surface area contributed by atoms with Crippen LogP contribution in [0.5, 0.6) is 0 Å². The lowest BCUT2D eigenvalue weighted by atomic mass is 10.1. The normalized spacial score (nSPS) is 10.5. The molecule has 3 rings (SSSR count). The van der Waals surface area contributed by atoms with Gasteiger partial charge in [-0.1, -0.05) is 37.3 Å². The van der Waals surface area contributed by atoms with E-state index in [0.29, 0.717) is 30.3 Å². The summed E-state index contributed by atoms with van der Waals surface area (Å²) < 4.78 is 13.0. The minimum atomic E-state index is -0.270. The smallest absolute Gasteiger partial charge is 0.274 e. The number of para-hydroxylation sites is 1. The van der Waals surface area contributed by atoms with Crippen LogP contribution in [0.2, 0.25) is 0 Å². The first-order valence-electron chi connectivity index (χ1n) is 9.28. The summed E-state index contributed by atoms with van der Waals surface area (Å²) in [6.45, 7) is 4.45. The minimum Gasteiger partial charge on any atom is -0.354 e. The monoisotopic (exact) mass is 378 g/mol. The van der Waals surface area contributed by atoms with Gasteiger partial charge >= 0.3 is 0 Å². The SMILES string of the molecule is CCc1ccccc1NC(=O)c1cc(C)nc(NCCc2ccc(F)cc2)n1. The van der Waals surface area contributed by atoms with Gasteiger partial charge in [-0.2, -0.15) is 0 Å². The molecule has 3 aromatic rings. The highest BCUT2D eigenvalue weighted by Crippen LogP contribution is 2.17. The zero-order valence-electron chi connectivity index (χ0n) is 16.0. The van der Waals surface area contributed by atoms with Crippen molar-refractivity contribution in [3.8, 4) is 0 Å². The molecule has 0 radical (unpaired) electrons. The van der Waals surface area contributed by atoms with Crippen LogP contribution in [0.1, 0.15) is 34.2 Å². The van der Waals surface area contributed by atoms with Crippen LogP contribution >= 0.6 is 0 Å². The third-order valence-corrected chi connectivity index (χ3v) is 4.34. The number of rotatable bonds is 7. The molecule has 1 heterocycles. The second kappa shape index (κ2) is 9.08. The molecule has 0 unspecified atom stereocenters. The van der Waals surface area contributed by atoms with Crippen molar-refractivity contribution in [2.45, 2.75) is 26.7 Å². The fourth-order valence-electron chi connectivity index (χ4n) is 2.87. The molecule has 1 amide bonds. The molecular formula is C22H23FN4O. The Balaban J connectivity index is 1.66. The van der Waals surface area contributed by atoms with Gasteiger partial charge in [0.25, 0.3) is 5.91 Å². The fourth-order valence-corrected chi connectivity index (χ4v) is 2.87. The Bertz CT molecular complexity index is 957. The zero-order valence-corrected chi connectivity index (χ0v) is 16.0. The highest BCUT2D eigenvalue weighted by atomic mass is 19.1. The van der Waals surface area contributed by atoms with E-state index in [4.69, 9.17) is 0 Å². The van der Waals surface area contributed by atoms with Crippen molar-refractivity contribution in [3.63, 3.8) is 0 Å². The number of aromatic nitrogens is 2. The van der Waals surface area contributed by atoms with E-state index in [9.17, 15) is 9.18 Å². The van der Waals surface area contributed by atoms with Gasteiger partial charge in [0, 0.05) is 17.9 Å². The van der Waals surface area contributed by atoms with Gasteiger partial charge in [0.05, 0.1) is 0 Å². The van der Waals surface area contributed by atoms with Crippen LogP contribution in [0.3, 0.4) is 0 Å². The number of hydrogen-bond donors (Lipinski definition) is 2. The molecule has 0 aliphatic heterocycles. The Morgan fingerprint density at radius 1 is 1.07 bits per heavy atom. The molecule has 0 atom stereocenters. The van der Waals surface area contributed by atoms with Gasteiger partial charge in [-0.15, -0.1) is 0 Å². The van der Waals surface area contributed by atoms with Crippen molar-refractivity contribution < 1.29 is 9.18 Å². The average molecular weight is 378 g/mol. The van der Waals surface area contributed by atoms with E-state index in [0.717, 1.165) is 23.2 Å². The number of benzene rings is 2. The molecule has 2 N–H and O–H groups in total. The fraction of sp³-hybridized carbons (Fsp3) is 0.227. The van der Waals surface area contributed by atoms with Crippen molar-refractivity contribution in [2.24, 2.45) is 0 Å². The lowest BCUT2D eigenvalue weighted by Crippen LogP contribution is -2.17. The molecule has 144 valence electrons. The number of carbonyl (C=O) groups is 1. The van der Waals surface area contributed by atoms with Crippen molar-refractivity contribution in [2.75, 3.05) is 17.2 Å². The summed E-state index contributed by atoms with van der Waals surface area (Å²) in [4.78, 5) is 21.3. The number of nitrogens with zero attached hydrogens (tertiary/aromatic N) is 2. The number of halogens is 1. The molecule has 0 saturated heterocycles. The lowest BCUT2D eigenvalue weighted by molar-refractivity contribution is 0.102. The summed E-state index contributed by atoms with van der Waals surface area (Å²) in [7, 11) is 0. The number of carbonyl (C=O) groups excluding carboxylic acids is 1. The Hall–Kier alpha value is -3.28. The Morgan fingerprint density at radius 2 is 1.82 bits per heavy atom. The molecule has 0 saturated carbocycles. The van der Waals surface area contributed by atoms with Crippen molar-refractivity contribution in [1.29, 1.82) is 0 Å².